The maximum absolute atomic E-state index is 5.75. The van der Waals surface area contributed by atoms with Crippen molar-refractivity contribution in [3.8, 4) is 0 Å². The molecule has 0 spiro atoms. The van der Waals surface area contributed by atoms with Crippen LogP contribution in [0.3, 0.4) is 0 Å². The fraction of sp³-hybridized carbons (Fsp3) is 1.00. The quantitative estimate of drug-likeness (QED) is 0.639. The molecule has 1 fully saturated rings. The Kier molecular flexibility index (Phi) is 2.04. The summed E-state index contributed by atoms with van der Waals surface area (Å²) >= 11 is 0. The van der Waals surface area contributed by atoms with Crippen LogP contribution in [-0.4, -0.2) is 6.54 Å². The van der Waals surface area contributed by atoms with Crippen molar-refractivity contribution in [1.82, 2.24) is 0 Å². The Morgan fingerprint density at radius 3 is 2.10 bits per heavy atom. The van der Waals surface area contributed by atoms with E-state index in [9.17, 15) is 0 Å². The highest BCUT2D eigenvalue weighted by Crippen LogP contribution is 2.48. The van der Waals surface area contributed by atoms with Crippen molar-refractivity contribution < 1.29 is 0 Å². The van der Waals surface area contributed by atoms with Crippen LogP contribution in [0.15, 0.2) is 0 Å². The predicted molar refractivity (Wildman–Crippen MR) is 44.7 cm³/mol. The summed E-state index contributed by atoms with van der Waals surface area (Å²) < 4.78 is 0. The minimum atomic E-state index is 0.431. The molecule has 0 aromatic heterocycles. The highest BCUT2D eigenvalue weighted by Gasteiger charge is 2.42. The number of hydrogen-bond acceptors (Lipinski definition) is 1. The molecule has 2 N–H and O–H groups in total. The van der Waals surface area contributed by atoms with Gasteiger partial charge in [0.15, 0.2) is 0 Å². The van der Waals surface area contributed by atoms with E-state index in [1.54, 1.807) is 0 Å². The fourth-order valence-electron chi connectivity index (χ4n) is 1.62. The molecule has 0 aromatic carbocycles. The van der Waals surface area contributed by atoms with E-state index in [0.29, 0.717) is 5.41 Å². The van der Waals surface area contributed by atoms with Crippen molar-refractivity contribution in [3.63, 3.8) is 0 Å². The summed E-state index contributed by atoms with van der Waals surface area (Å²) in [5.74, 6) is 1.67. The van der Waals surface area contributed by atoms with Crippen LogP contribution in [0.5, 0.6) is 0 Å². The van der Waals surface area contributed by atoms with Crippen molar-refractivity contribution in [3.05, 3.63) is 0 Å². The van der Waals surface area contributed by atoms with Gasteiger partial charge in [-0.3, -0.25) is 0 Å². The molecular formula is C9H19N. The van der Waals surface area contributed by atoms with Crippen LogP contribution in [0.2, 0.25) is 0 Å². The van der Waals surface area contributed by atoms with E-state index in [0.717, 1.165) is 18.4 Å². The molecule has 1 aliphatic carbocycles. The smallest absolute Gasteiger partial charge is 0.00181 e. The van der Waals surface area contributed by atoms with Crippen LogP contribution < -0.4 is 5.73 Å². The van der Waals surface area contributed by atoms with Gasteiger partial charge >= 0.3 is 0 Å². The third-order valence-electron chi connectivity index (χ3n) is 3.27. The van der Waals surface area contributed by atoms with Crippen molar-refractivity contribution in [1.29, 1.82) is 0 Å². The van der Waals surface area contributed by atoms with Crippen molar-refractivity contribution in [2.45, 2.75) is 33.6 Å². The number of nitrogens with two attached hydrogens (primary N) is 1. The summed E-state index contributed by atoms with van der Waals surface area (Å²) in [4.78, 5) is 0. The van der Waals surface area contributed by atoms with Gasteiger partial charge in [-0.1, -0.05) is 20.8 Å². The van der Waals surface area contributed by atoms with Gasteiger partial charge in [0.25, 0.3) is 0 Å². The first-order valence-corrected chi connectivity index (χ1v) is 4.31. The molecule has 0 radical (unpaired) electrons. The maximum Gasteiger partial charge on any atom is -0.00181 e. The Bertz CT molecular complexity index is 112. The second-order valence-electron chi connectivity index (χ2n) is 4.14. The van der Waals surface area contributed by atoms with Gasteiger partial charge in [-0.2, -0.15) is 0 Å². The Labute approximate surface area is 64.0 Å². The highest BCUT2D eigenvalue weighted by atomic mass is 14.6. The Hall–Kier alpha value is -0.0400. The molecule has 0 bridgehead atoms. The molecular weight excluding hydrogens is 122 g/mol. The van der Waals surface area contributed by atoms with Gasteiger partial charge in [-0.25, -0.2) is 0 Å². The zero-order chi connectivity index (χ0) is 7.78. The first-order chi connectivity index (χ1) is 4.61. The largest absolute Gasteiger partial charge is 0.330 e. The Morgan fingerprint density at radius 1 is 1.50 bits per heavy atom. The van der Waals surface area contributed by atoms with E-state index in [1.165, 1.54) is 12.8 Å². The van der Waals surface area contributed by atoms with E-state index in [2.05, 4.69) is 20.8 Å². The molecule has 0 saturated heterocycles. The minimum absolute atomic E-state index is 0.431. The molecule has 0 aliphatic heterocycles. The molecule has 1 atom stereocenters. The van der Waals surface area contributed by atoms with Gasteiger partial charge in [-0.15, -0.1) is 0 Å². The van der Waals surface area contributed by atoms with Gasteiger partial charge in [0.1, 0.15) is 0 Å². The third kappa shape index (κ3) is 1.20. The van der Waals surface area contributed by atoms with Crippen LogP contribution in [-0.2, 0) is 0 Å². The van der Waals surface area contributed by atoms with E-state index in [1.807, 2.05) is 0 Å². The molecule has 1 rings (SSSR count). The predicted octanol–water partition coefficient (Wildman–Crippen LogP) is 2.02. The Morgan fingerprint density at radius 2 is 2.00 bits per heavy atom. The lowest BCUT2D eigenvalue weighted by Crippen LogP contribution is -2.34. The van der Waals surface area contributed by atoms with E-state index >= 15 is 0 Å². The van der Waals surface area contributed by atoms with Crippen molar-refractivity contribution >= 4 is 0 Å². The number of hydrogen-bond donors (Lipinski definition) is 1. The average Bonchev–Trinajstić information content (AvgIpc) is 2.67. The van der Waals surface area contributed by atoms with E-state index in [4.69, 9.17) is 5.73 Å². The van der Waals surface area contributed by atoms with Gasteiger partial charge in [0.2, 0.25) is 0 Å². The first kappa shape index (κ1) is 8.06. The molecule has 1 saturated carbocycles. The highest BCUT2D eigenvalue weighted by molar-refractivity contribution is 4.93. The normalized spacial score (nSPS) is 24.9. The molecule has 1 unspecified atom stereocenters. The van der Waals surface area contributed by atoms with Crippen molar-refractivity contribution in [2.24, 2.45) is 23.0 Å². The van der Waals surface area contributed by atoms with Crippen LogP contribution in [0.4, 0.5) is 0 Å². The molecule has 1 nitrogen and oxygen atoms in total. The van der Waals surface area contributed by atoms with E-state index in [-0.39, 0.29) is 0 Å². The van der Waals surface area contributed by atoms with Gasteiger partial charge in [-0.05, 0) is 36.6 Å². The lowest BCUT2D eigenvalue weighted by Gasteiger charge is -2.32. The lowest BCUT2D eigenvalue weighted by atomic mass is 9.75. The monoisotopic (exact) mass is 141 g/mol. The lowest BCUT2D eigenvalue weighted by molar-refractivity contribution is 0.189. The van der Waals surface area contributed by atoms with Crippen LogP contribution in [0, 0.1) is 17.3 Å². The van der Waals surface area contributed by atoms with Gasteiger partial charge < -0.3 is 5.73 Å². The SMILES string of the molecule is CC(C)C(C)(CN)C1CC1. The van der Waals surface area contributed by atoms with Gasteiger partial charge in [0.05, 0.1) is 0 Å². The molecule has 0 amide bonds. The third-order valence-corrected chi connectivity index (χ3v) is 3.27. The maximum atomic E-state index is 5.75. The minimum Gasteiger partial charge on any atom is -0.330 e. The van der Waals surface area contributed by atoms with Crippen LogP contribution in [0.1, 0.15) is 33.6 Å². The summed E-state index contributed by atoms with van der Waals surface area (Å²) in [6.45, 7) is 7.75. The number of rotatable bonds is 3. The topological polar surface area (TPSA) is 26.0 Å². The fourth-order valence-corrected chi connectivity index (χ4v) is 1.62. The second-order valence-corrected chi connectivity index (χ2v) is 4.14. The zero-order valence-corrected chi connectivity index (χ0v) is 7.35. The summed E-state index contributed by atoms with van der Waals surface area (Å²) in [6, 6.07) is 0. The van der Waals surface area contributed by atoms with E-state index < -0.39 is 0 Å². The summed E-state index contributed by atoms with van der Waals surface area (Å²) in [5.41, 5.74) is 6.18. The molecule has 10 heavy (non-hydrogen) atoms. The molecule has 0 aromatic rings. The zero-order valence-electron chi connectivity index (χ0n) is 7.35. The molecule has 1 heteroatoms. The Balaban J connectivity index is 2.56. The summed E-state index contributed by atoms with van der Waals surface area (Å²) in [5, 5.41) is 0. The molecule has 60 valence electrons. The second kappa shape index (κ2) is 2.54. The van der Waals surface area contributed by atoms with Crippen LogP contribution >= 0.6 is 0 Å². The first-order valence-electron chi connectivity index (χ1n) is 4.31. The average molecular weight is 141 g/mol. The van der Waals surface area contributed by atoms with Crippen molar-refractivity contribution in [2.75, 3.05) is 6.54 Å². The molecule has 1 aliphatic rings. The van der Waals surface area contributed by atoms with Crippen LogP contribution in [0.25, 0.3) is 0 Å². The standard InChI is InChI=1S/C9H19N/c1-7(2)9(3,6-10)8-4-5-8/h7-8H,4-6,10H2,1-3H3. The van der Waals surface area contributed by atoms with Gasteiger partial charge in [0, 0.05) is 0 Å². The molecule has 0 heterocycles. The summed E-state index contributed by atoms with van der Waals surface area (Å²) in [7, 11) is 0. The summed E-state index contributed by atoms with van der Waals surface area (Å²) in [6.07, 6.45) is 2.82.